The molecule has 5 nitrogen and oxygen atoms in total. The van der Waals surface area contributed by atoms with Crippen LogP contribution < -0.4 is 9.47 Å². The van der Waals surface area contributed by atoms with E-state index in [-0.39, 0.29) is 12.5 Å². The third kappa shape index (κ3) is 5.60. The Kier molecular flexibility index (Phi) is 6.64. The van der Waals surface area contributed by atoms with Crippen molar-refractivity contribution >= 4 is 21.8 Å². The zero-order valence-electron chi connectivity index (χ0n) is 13.2. The van der Waals surface area contributed by atoms with Gasteiger partial charge in [0.1, 0.15) is 18.1 Å². The van der Waals surface area contributed by atoms with Crippen LogP contribution >= 0.6 is 15.9 Å². The first-order chi connectivity index (χ1) is 11.6. The standard InChI is InChI=1S/C18H17BrN2O3/c1-21(9-10-23-16-7-5-15(19)6-8-16)18(22)13-24-17-4-2-3-14(11-17)12-20/h2-8,11H,9-10,13H2,1H3. The highest BCUT2D eigenvalue weighted by Gasteiger charge is 2.10. The fourth-order valence-corrected chi connectivity index (χ4v) is 2.13. The van der Waals surface area contributed by atoms with E-state index in [4.69, 9.17) is 14.7 Å². The Morgan fingerprint density at radius 2 is 1.92 bits per heavy atom. The van der Waals surface area contributed by atoms with Gasteiger partial charge >= 0.3 is 0 Å². The maximum absolute atomic E-state index is 12.0. The molecule has 1 amide bonds. The third-order valence-electron chi connectivity index (χ3n) is 3.26. The average Bonchev–Trinajstić information content (AvgIpc) is 2.61. The van der Waals surface area contributed by atoms with Gasteiger partial charge in [-0.25, -0.2) is 0 Å². The zero-order chi connectivity index (χ0) is 17.4. The van der Waals surface area contributed by atoms with Crippen LogP contribution in [0.2, 0.25) is 0 Å². The molecule has 0 aliphatic heterocycles. The molecule has 0 fully saturated rings. The second kappa shape index (κ2) is 8.94. The predicted octanol–water partition coefficient (Wildman–Crippen LogP) is 3.24. The minimum atomic E-state index is -0.156. The summed E-state index contributed by atoms with van der Waals surface area (Å²) in [6.07, 6.45) is 0. The molecule has 2 aromatic rings. The number of hydrogen-bond acceptors (Lipinski definition) is 4. The highest BCUT2D eigenvalue weighted by molar-refractivity contribution is 9.10. The fourth-order valence-electron chi connectivity index (χ4n) is 1.87. The van der Waals surface area contributed by atoms with Crippen molar-refractivity contribution in [3.63, 3.8) is 0 Å². The molecule has 2 rings (SSSR count). The molecule has 0 bridgehead atoms. The van der Waals surface area contributed by atoms with Gasteiger partial charge in [0.05, 0.1) is 18.2 Å². The number of amides is 1. The Morgan fingerprint density at radius 3 is 2.62 bits per heavy atom. The lowest BCUT2D eigenvalue weighted by Crippen LogP contribution is -2.34. The van der Waals surface area contributed by atoms with E-state index in [9.17, 15) is 4.79 Å². The lowest BCUT2D eigenvalue weighted by Gasteiger charge is -2.18. The van der Waals surface area contributed by atoms with Crippen molar-refractivity contribution in [3.05, 3.63) is 58.6 Å². The Balaban J connectivity index is 1.73. The molecule has 0 N–H and O–H groups in total. The van der Waals surface area contributed by atoms with Gasteiger partial charge in [0.2, 0.25) is 0 Å². The second-order valence-electron chi connectivity index (χ2n) is 5.05. The van der Waals surface area contributed by atoms with Crippen LogP contribution in [0, 0.1) is 11.3 Å². The molecule has 0 aliphatic carbocycles. The highest BCUT2D eigenvalue weighted by atomic mass is 79.9. The van der Waals surface area contributed by atoms with Crippen LogP contribution in [-0.4, -0.2) is 37.6 Å². The molecule has 0 saturated heterocycles. The lowest BCUT2D eigenvalue weighted by atomic mass is 10.2. The molecule has 0 saturated carbocycles. The molecule has 124 valence electrons. The summed E-state index contributed by atoms with van der Waals surface area (Å²) in [5.41, 5.74) is 0.496. The number of halogens is 1. The summed E-state index contributed by atoms with van der Waals surface area (Å²) in [5, 5.41) is 8.84. The van der Waals surface area contributed by atoms with Crippen LogP contribution in [0.3, 0.4) is 0 Å². The maximum atomic E-state index is 12.0. The maximum Gasteiger partial charge on any atom is 0.260 e. The molecule has 0 spiro atoms. The largest absolute Gasteiger partial charge is 0.492 e. The van der Waals surface area contributed by atoms with Gasteiger partial charge in [-0.1, -0.05) is 22.0 Å². The Morgan fingerprint density at radius 1 is 1.17 bits per heavy atom. The Labute approximate surface area is 149 Å². The topological polar surface area (TPSA) is 62.6 Å². The van der Waals surface area contributed by atoms with Gasteiger partial charge in [-0.2, -0.15) is 5.26 Å². The molecular formula is C18H17BrN2O3. The van der Waals surface area contributed by atoms with E-state index in [1.54, 1.807) is 36.2 Å². The van der Waals surface area contributed by atoms with Crippen molar-refractivity contribution in [3.8, 4) is 17.6 Å². The SMILES string of the molecule is CN(CCOc1ccc(Br)cc1)C(=O)COc1cccc(C#N)c1. The number of carbonyl (C=O) groups excluding carboxylic acids is 1. The summed E-state index contributed by atoms with van der Waals surface area (Å²) in [5.74, 6) is 1.10. The lowest BCUT2D eigenvalue weighted by molar-refractivity contribution is -0.132. The third-order valence-corrected chi connectivity index (χ3v) is 3.79. The van der Waals surface area contributed by atoms with Crippen LogP contribution in [0.5, 0.6) is 11.5 Å². The predicted molar refractivity (Wildman–Crippen MR) is 93.9 cm³/mol. The van der Waals surface area contributed by atoms with E-state index in [0.29, 0.717) is 24.5 Å². The number of nitrogens with zero attached hydrogens (tertiary/aromatic N) is 2. The highest BCUT2D eigenvalue weighted by Crippen LogP contribution is 2.16. The van der Waals surface area contributed by atoms with Crippen molar-refractivity contribution in [2.24, 2.45) is 0 Å². The van der Waals surface area contributed by atoms with Crippen molar-refractivity contribution in [1.29, 1.82) is 5.26 Å². The molecule has 0 aliphatic rings. The van der Waals surface area contributed by atoms with Crippen LogP contribution in [0.15, 0.2) is 53.0 Å². The number of ether oxygens (including phenoxy) is 2. The molecule has 6 heteroatoms. The van der Waals surface area contributed by atoms with Gasteiger partial charge in [-0.3, -0.25) is 4.79 Å². The molecule has 0 radical (unpaired) electrons. The summed E-state index contributed by atoms with van der Waals surface area (Å²) >= 11 is 3.36. The van der Waals surface area contributed by atoms with Crippen molar-refractivity contribution < 1.29 is 14.3 Å². The summed E-state index contributed by atoms with van der Waals surface area (Å²) in [6.45, 7) is 0.772. The minimum Gasteiger partial charge on any atom is -0.492 e. The number of hydrogen-bond donors (Lipinski definition) is 0. The summed E-state index contributed by atoms with van der Waals surface area (Å²) in [7, 11) is 1.70. The molecule has 2 aromatic carbocycles. The van der Waals surface area contributed by atoms with Gasteiger partial charge in [0.25, 0.3) is 5.91 Å². The monoisotopic (exact) mass is 388 g/mol. The van der Waals surface area contributed by atoms with E-state index < -0.39 is 0 Å². The first-order valence-corrected chi connectivity index (χ1v) is 8.13. The summed E-state index contributed by atoms with van der Waals surface area (Å²) < 4.78 is 12.0. The normalized spacial score (nSPS) is 9.88. The molecular weight excluding hydrogens is 372 g/mol. The molecule has 24 heavy (non-hydrogen) atoms. The van der Waals surface area contributed by atoms with E-state index in [1.807, 2.05) is 30.3 Å². The molecule has 0 unspecified atom stereocenters. The first-order valence-electron chi connectivity index (χ1n) is 7.34. The quantitative estimate of drug-likeness (QED) is 0.730. The number of nitriles is 1. The molecule has 0 aromatic heterocycles. The van der Waals surface area contributed by atoms with E-state index in [0.717, 1.165) is 10.2 Å². The number of rotatable bonds is 7. The van der Waals surface area contributed by atoms with E-state index in [2.05, 4.69) is 15.9 Å². The van der Waals surface area contributed by atoms with E-state index in [1.165, 1.54) is 0 Å². The number of benzene rings is 2. The Bertz CT molecular complexity index is 726. The summed E-state index contributed by atoms with van der Waals surface area (Å²) in [6, 6.07) is 16.3. The van der Waals surface area contributed by atoms with Crippen LogP contribution in [0.25, 0.3) is 0 Å². The van der Waals surface area contributed by atoms with Crippen molar-refractivity contribution in [2.45, 2.75) is 0 Å². The van der Waals surface area contributed by atoms with Gasteiger partial charge < -0.3 is 14.4 Å². The fraction of sp³-hybridized carbons (Fsp3) is 0.222. The van der Waals surface area contributed by atoms with Gasteiger partial charge in [-0.05, 0) is 42.5 Å². The minimum absolute atomic E-state index is 0.0797. The molecule has 0 heterocycles. The number of likely N-dealkylation sites (N-methyl/N-ethyl adjacent to an activating group) is 1. The molecule has 0 atom stereocenters. The van der Waals surface area contributed by atoms with Crippen LogP contribution in [-0.2, 0) is 4.79 Å². The van der Waals surface area contributed by atoms with Gasteiger partial charge in [0.15, 0.2) is 6.61 Å². The van der Waals surface area contributed by atoms with Crippen molar-refractivity contribution in [1.82, 2.24) is 4.90 Å². The van der Waals surface area contributed by atoms with E-state index >= 15 is 0 Å². The van der Waals surface area contributed by atoms with Crippen LogP contribution in [0.4, 0.5) is 0 Å². The second-order valence-corrected chi connectivity index (χ2v) is 5.96. The summed E-state index contributed by atoms with van der Waals surface area (Å²) in [4.78, 5) is 13.6. The average molecular weight is 389 g/mol. The first kappa shape index (κ1) is 17.8. The van der Waals surface area contributed by atoms with Crippen molar-refractivity contribution in [2.75, 3.05) is 26.8 Å². The zero-order valence-corrected chi connectivity index (χ0v) is 14.8. The van der Waals surface area contributed by atoms with Gasteiger partial charge in [-0.15, -0.1) is 0 Å². The van der Waals surface area contributed by atoms with Crippen LogP contribution in [0.1, 0.15) is 5.56 Å². The smallest absolute Gasteiger partial charge is 0.260 e. The van der Waals surface area contributed by atoms with Gasteiger partial charge in [0, 0.05) is 11.5 Å². The Hall–Kier alpha value is -2.52. The number of carbonyl (C=O) groups is 1.